The van der Waals surface area contributed by atoms with E-state index in [1.165, 1.54) is 38.5 Å². The van der Waals surface area contributed by atoms with Crippen LogP contribution in [0.3, 0.4) is 0 Å². The molecule has 6 rings (SSSR count). The Morgan fingerprint density at radius 1 is 0.579 bits per heavy atom. The highest BCUT2D eigenvalue weighted by Gasteiger charge is 2.20. The third kappa shape index (κ3) is 10.2. The Hall–Kier alpha value is -6.10. The molecule has 4 N–H and O–H groups in total. The van der Waals surface area contributed by atoms with E-state index >= 15 is 0 Å². The van der Waals surface area contributed by atoms with Gasteiger partial charge in [-0.1, -0.05) is 83.4 Å². The van der Waals surface area contributed by atoms with Crippen molar-refractivity contribution in [3.63, 3.8) is 0 Å². The lowest BCUT2D eigenvalue weighted by molar-refractivity contribution is 0.0944. The summed E-state index contributed by atoms with van der Waals surface area (Å²) in [5.41, 5.74) is 7.16. The molecular formula is C45H40Cl2F2N4O4. The molecule has 8 nitrogen and oxygen atoms in total. The molecule has 6 aromatic rings. The number of methoxy groups -OCH3 is 2. The Morgan fingerprint density at radius 2 is 1.11 bits per heavy atom. The van der Waals surface area contributed by atoms with Gasteiger partial charge >= 0.3 is 0 Å². The minimum atomic E-state index is -0.527. The maximum Gasteiger partial charge on any atom is 0.255 e. The van der Waals surface area contributed by atoms with Crippen molar-refractivity contribution in [2.45, 2.75) is 33.1 Å². The smallest absolute Gasteiger partial charge is 0.255 e. The number of halogens is 4. The predicted molar refractivity (Wildman–Crippen MR) is 222 cm³/mol. The summed E-state index contributed by atoms with van der Waals surface area (Å²) in [6.07, 6.45) is 0. The summed E-state index contributed by atoms with van der Waals surface area (Å²) < 4.78 is 38.8. The molecule has 2 amide bonds. The first kappa shape index (κ1) is 40.6. The highest BCUT2D eigenvalue weighted by Crippen LogP contribution is 2.33. The van der Waals surface area contributed by atoms with E-state index in [9.17, 15) is 18.4 Å². The minimum absolute atomic E-state index is 0.0756. The van der Waals surface area contributed by atoms with E-state index in [1.54, 1.807) is 30.3 Å². The van der Waals surface area contributed by atoms with Crippen LogP contribution in [0, 0.1) is 18.6 Å². The molecule has 0 unspecified atom stereocenters. The van der Waals surface area contributed by atoms with E-state index in [2.05, 4.69) is 21.3 Å². The van der Waals surface area contributed by atoms with Gasteiger partial charge in [-0.3, -0.25) is 9.59 Å². The molecule has 0 aliphatic rings. The number of nitrogens with one attached hydrogen (secondary N) is 4. The molecule has 0 aromatic heterocycles. The van der Waals surface area contributed by atoms with Gasteiger partial charge in [0.1, 0.15) is 0 Å². The zero-order chi connectivity index (χ0) is 40.5. The lowest BCUT2D eigenvalue weighted by Gasteiger charge is -2.18. The Kier molecular flexibility index (Phi) is 13.3. The second-order valence-electron chi connectivity index (χ2n) is 13.2. The van der Waals surface area contributed by atoms with E-state index in [0.29, 0.717) is 51.7 Å². The SMILES string of the molecule is COc1ccc(CNC(=O)c2c(Cl)cccc2NCc2cc(C)cc(-c3cccc(NCc4ccc(Cl)cc4)c3C(=O)NCc3ccc(OC)c(F)c3)c2)cc1F. The summed E-state index contributed by atoms with van der Waals surface area (Å²) in [7, 11) is 2.78. The van der Waals surface area contributed by atoms with E-state index in [1.807, 2.05) is 67.6 Å². The van der Waals surface area contributed by atoms with Crippen molar-refractivity contribution in [1.82, 2.24) is 10.6 Å². The van der Waals surface area contributed by atoms with Gasteiger partial charge in [0.25, 0.3) is 11.8 Å². The molecule has 0 heterocycles. The highest BCUT2D eigenvalue weighted by atomic mass is 35.5. The van der Waals surface area contributed by atoms with Gasteiger partial charge in [-0.25, -0.2) is 8.78 Å². The van der Waals surface area contributed by atoms with Crippen LogP contribution < -0.4 is 30.7 Å². The molecule has 12 heteroatoms. The van der Waals surface area contributed by atoms with Crippen LogP contribution in [0.2, 0.25) is 10.0 Å². The van der Waals surface area contributed by atoms with Crippen LogP contribution in [0.5, 0.6) is 11.5 Å². The van der Waals surface area contributed by atoms with E-state index in [0.717, 1.165) is 22.3 Å². The van der Waals surface area contributed by atoms with Crippen molar-refractivity contribution in [3.05, 3.63) is 176 Å². The molecule has 0 atom stereocenters. The average molecular weight is 810 g/mol. The van der Waals surface area contributed by atoms with Crippen LogP contribution in [0.25, 0.3) is 11.1 Å². The molecular weight excluding hydrogens is 769 g/mol. The maximum atomic E-state index is 14.5. The first-order valence-corrected chi connectivity index (χ1v) is 18.7. The summed E-state index contributed by atoms with van der Waals surface area (Å²) in [5, 5.41) is 13.5. The standard InChI is InChI=1S/C45H40Cl2F2N4O4/c1-27-18-31(26-51-39-9-5-7-35(47)43(39)45(55)53-25-30-13-17-41(57-3)37(49)22-30)20-32(19-27)34-6-4-8-38(50-23-28-10-14-33(46)15-11-28)42(34)44(54)52-24-29-12-16-40(56-2)36(48)21-29/h4-22,50-51H,23-26H2,1-3H3,(H,52,54)(H,53,55). The Bertz CT molecular complexity index is 2410. The van der Waals surface area contributed by atoms with Crippen molar-refractivity contribution in [1.29, 1.82) is 0 Å². The van der Waals surface area contributed by atoms with Crippen LogP contribution in [-0.4, -0.2) is 26.0 Å². The zero-order valence-electron chi connectivity index (χ0n) is 31.4. The molecule has 57 heavy (non-hydrogen) atoms. The van der Waals surface area contributed by atoms with E-state index < -0.39 is 17.5 Å². The zero-order valence-corrected chi connectivity index (χ0v) is 33.0. The number of carbonyl (C=O) groups is 2. The quantitative estimate of drug-likeness (QED) is 0.0824. The topological polar surface area (TPSA) is 101 Å². The third-order valence-corrected chi connectivity index (χ3v) is 9.77. The maximum absolute atomic E-state index is 14.5. The van der Waals surface area contributed by atoms with Crippen LogP contribution in [-0.2, 0) is 26.2 Å². The van der Waals surface area contributed by atoms with E-state index in [-0.39, 0.29) is 41.1 Å². The monoisotopic (exact) mass is 808 g/mol. The number of hydrogen-bond donors (Lipinski definition) is 4. The molecule has 0 saturated heterocycles. The lowest BCUT2D eigenvalue weighted by atomic mass is 9.94. The van der Waals surface area contributed by atoms with E-state index in [4.69, 9.17) is 32.7 Å². The molecule has 0 bridgehead atoms. The number of hydrogen-bond acceptors (Lipinski definition) is 6. The lowest BCUT2D eigenvalue weighted by Crippen LogP contribution is -2.25. The van der Waals surface area contributed by atoms with Gasteiger partial charge in [-0.2, -0.15) is 0 Å². The van der Waals surface area contributed by atoms with Gasteiger partial charge in [-0.05, 0) is 101 Å². The van der Waals surface area contributed by atoms with Crippen molar-refractivity contribution in [2.24, 2.45) is 0 Å². The Labute approximate surface area is 340 Å². The van der Waals surface area contributed by atoms with Crippen molar-refractivity contribution in [2.75, 3.05) is 24.9 Å². The number of aryl methyl sites for hydroxylation is 1. The fourth-order valence-corrected chi connectivity index (χ4v) is 6.77. The fourth-order valence-electron chi connectivity index (χ4n) is 6.39. The molecule has 292 valence electrons. The van der Waals surface area contributed by atoms with Gasteiger partial charge in [0.2, 0.25) is 0 Å². The first-order valence-electron chi connectivity index (χ1n) is 18.0. The number of amides is 2. The number of benzene rings is 6. The molecule has 6 aromatic carbocycles. The molecule has 0 fully saturated rings. The minimum Gasteiger partial charge on any atom is -0.494 e. The van der Waals surface area contributed by atoms with Gasteiger partial charge in [-0.15, -0.1) is 0 Å². The third-order valence-electron chi connectivity index (χ3n) is 9.20. The summed E-state index contributed by atoms with van der Waals surface area (Å²) in [5.74, 6) is -1.60. The van der Waals surface area contributed by atoms with Crippen molar-refractivity contribution < 1.29 is 27.8 Å². The molecule has 0 radical (unpaired) electrons. The Balaban J connectivity index is 1.25. The normalized spacial score (nSPS) is 10.8. The molecule has 0 aliphatic heterocycles. The second-order valence-corrected chi connectivity index (χ2v) is 14.1. The largest absolute Gasteiger partial charge is 0.494 e. The average Bonchev–Trinajstić information content (AvgIpc) is 3.20. The van der Waals surface area contributed by atoms with Crippen molar-refractivity contribution in [3.8, 4) is 22.6 Å². The fraction of sp³-hybridized carbons (Fsp3) is 0.156. The molecule has 0 spiro atoms. The summed E-state index contributed by atoms with van der Waals surface area (Å²) in [6, 6.07) is 33.2. The second kappa shape index (κ2) is 18.7. The number of carbonyl (C=O) groups excluding carboxylic acids is 2. The number of ether oxygens (including phenoxy) is 2. The molecule has 0 aliphatic carbocycles. The van der Waals surface area contributed by atoms with Crippen molar-refractivity contribution >= 4 is 46.4 Å². The Morgan fingerprint density at radius 3 is 1.68 bits per heavy atom. The number of anilines is 2. The van der Waals surface area contributed by atoms with Crippen LogP contribution in [0.15, 0.2) is 115 Å². The predicted octanol–water partition coefficient (Wildman–Crippen LogP) is 10.3. The van der Waals surface area contributed by atoms with Gasteiger partial charge in [0.15, 0.2) is 23.1 Å². The van der Waals surface area contributed by atoms with Gasteiger partial charge < -0.3 is 30.7 Å². The number of rotatable bonds is 15. The summed E-state index contributed by atoms with van der Waals surface area (Å²) in [4.78, 5) is 27.6. The first-order chi connectivity index (χ1) is 27.5. The van der Waals surface area contributed by atoms with Crippen LogP contribution in [0.4, 0.5) is 20.2 Å². The van der Waals surface area contributed by atoms with Crippen LogP contribution in [0.1, 0.15) is 48.5 Å². The summed E-state index contributed by atoms with van der Waals surface area (Å²) >= 11 is 12.7. The van der Waals surface area contributed by atoms with Gasteiger partial charge in [0.05, 0.1) is 30.4 Å². The van der Waals surface area contributed by atoms with Crippen LogP contribution >= 0.6 is 23.2 Å². The summed E-state index contributed by atoms with van der Waals surface area (Å²) in [6.45, 7) is 2.87. The highest BCUT2D eigenvalue weighted by molar-refractivity contribution is 6.34. The van der Waals surface area contributed by atoms with Gasteiger partial charge in [0, 0.05) is 42.6 Å². The molecule has 0 saturated carbocycles.